The number of H-pyrrole nitrogens is 1. The van der Waals surface area contributed by atoms with Crippen LogP contribution in [0, 0.1) is 0 Å². The van der Waals surface area contributed by atoms with E-state index in [2.05, 4.69) is 10.2 Å². The van der Waals surface area contributed by atoms with Crippen LogP contribution in [0.1, 0.15) is 10.5 Å². The van der Waals surface area contributed by atoms with E-state index in [-0.39, 0.29) is 5.69 Å². The Morgan fingerprint density at radius 2 is 2.15 bits per heavy atom. The minimum atomic E-state index is -1.02. The molecule has 2 aromatic heterocycles. The number of aromatic nitrogens is 3. The van der Waals surface area contributed by atoms with E-state index >= 15 is 0 Å². The van der Waals surface area contributed by atoms with E-state index in [0.29, 0.717) is 5.69 Å². The first-order valence-electron chi connectivity index (χ1n) is 6.02. The molecule has 6 nitrogen and oxygen atoms in total. The molecule has 0 saturated carbocycles. The number of aryl methyl sites for hydroxylation is 1. The van der Waals surface area contributed by atoms with Gasteiger partial charge in [-0.25, -0.2) is 4.79 Å². The molecule has 0 fully saturated rings. The van der Waals surface area contributed by atoms with Crippen molar-refractivity contribution in [1.29, 1.82) is 0 Å². The normalized spacial score (nSPS) is 10.9. The molecule has 102 valence electrons. The van der Waals surface area contributed by atoms with Crippen LogP contribution in [-0.2, 0) is 7.05 Å². The third kappa shape index (κ3) is 1.82. The zero-order valence-corrected chi connectivity index (χ0v) is 11.0. The number of benzene rings is 1. The van der Waals surface area contributed by atoms with Crippen LogP contribution in [0.3, 0.4) is 0 Å². The second kappa shape index (κ2) is 4.41. The number of hydrogen-bond donors (Lipinski definition) is 2. The minimum Gasteiger partial charge on any atom is -0.497 e. The number of carbonyl (C=O) groups is 1. The molecular weight excluding hydrogens is 258 g/mol. The Labute approximate surface area is 114 Å². The number of rotatable bonds is 3. The predicted molar refractivity (Wildman–Crippen MR) is 74.0 cm³/mol. The number of carboxylic acids is 1. The fraction of sp³-hybridized carbons (Fsp3) is 0.143. The van der Waals surface area contributed by atoms with Crippen molar-refractivity contribution in [2.24, 2.45) is 7.05 Å². The van der Waals surface area contributed by atoms with Crippen molar-refractivity contribution in [3.63, 3.8) is 0 Å². The van der Waals surface area contributed by atoms with Crippen molar-refractivity contribution in [3.8, 4) is 17.1 Å². The number of aromatic carboxylic acids is 1. The van der Waals surface area contributed by atoms with Crippen LogP contribution < -0.4 is 4.74 Å². The first kappa shape index (κ1) is 12.3. The van der Waals surface area contributed by atoms with Gasteiger partial charge in [-0.3, -0.25) is 5.10 Å². The standard InChI is InChI=1S/C14H13N3O3/c1-17-12-6-9(20-2)4-3-8(12)5-13(17)10-7-11(14(18)19)16-15-10/h3-7H,1-2H3,(H,15,16)(H,18,19). The van der Waals surface area contributed by atoms with Gasteiger partial charge in [-0.1, -0.05) is 0 Å². The molecule has 0 atom stereocenters. The molecule has 0 bridgehead atoms. The van der Waals surface area contributed by atoms with E-state index < -0.39 is 5.97 Å². The summed E-state index contributed by atoms with van der Waals surface area (Å²) in [6, 6.07) is 9.27. The first-order chi connectivity index (χ1) is 9.60. The number of hydrogen-bond acceptors (Lipinski definition) is 3. The van der Waals surface area contributed by atoms with Crippen LogP contribution >= 0.6 is 0 Å². The van der Waals surface area contributed by atoms with Gasteiger partial charge in [0, 0.05) is 24.6 Å². The maximum absolute atomic E-state index is 10.9. The highest BCUT2D eigenvalue weighted by atomic mass is 16.5. The van der Waals surface area contributed by atoms with Crippen LogP contribution in [0.4, 0.5) is 0 Å². The molecule has 0 unspecified atom stereocenters. The quantitative estimate of drug-likeness (QED) is 0.765. The molecule has 0 aliphatic heterocycles. The Balaban J connectivity index is 2.15. The van der Waals surface area contributed by atoms with Crippen molar-refractivity contribution in [2.45, 2.75) is 0 Å². The predicted octanol–water partition coefficient (Wildman–Crippen LogP) is 2.28. The van der Waals surface area contributed by atoms with E-state index in [4.69, 9.17) is 9.84 Å². The van der Waals surface area contributed by atoms with Gasteiger partial charge in [0.05, 0.1) is 18.3 Å². The molecule has 0 radical (unpaired) electrons. The summed E-state index contributed by atoms with van der Waals surface area (Å²) in [6.45, 7) is 0. The summed E-state index contributed by atoms with van der Waals surface area (Å²) in [4.78, 5) is 10.9. The Bertz CT molecular complexity index is 801. The highest BCUT2D eigenvalue weighted by Crippen LogP contribution is 2.28. The van der Waals surface area contributed by atoms with Crippen LogP contribution in [0.5, 0.6) is 5.75 Å². The Kier molecular flexibility index (Phi) is 2.71. The van der Waals surface area contributed by atoms with Crippen molar-refractivity contribution in [2.75, 3.05) is 7.11 Å². The number of methoxy groups -OCH3 is 1. The van der Waals surface area contributed by atoms with E-state index in [1.54, 1.807) is 7.11 Å². The zero-order valence-electron chi connectivity index (χ0n) is 11.0. The van der Waals surface area contributed by atoms with Crippen LogP contribution in [0.25, 0.3) is 22.3 Å². The van der Waals surface area contributed by atoms with E-state index in [1.807, 2.05) is 35.9 Å². The number of ether oxygens (including phenoxy) is 1. The van der Waals surface area contributed by atoms with Crippen molar-refractivity contribution >= 4 is 16.9 Å². The summed E-state index contributed by atoms with van der Waals surface area (Å²) < 4.78 is 7.17. The molecule has 0 aliphatic rings. The van der Waals surface area contributed by atoms with E-state index in [0.717, 1.165) is 22.3 Å². The molecule has 1 aromatic carbocycles. The Hall–Kier alpha value is -2.76. The van der Waals surface area contributed by atoms with Crippen LogP contribution in [0.2, 0.25) is 0 Å². The van der Waals surface area contributed by atoms with Gasteiger partial charge in [-0.2, -0.15) is 5.10 Å². The maximum atomic E-state index is 10.9. The third-order valence-corrected chi connectivity index (χ3v) is 3.32. The molecule has 0 amide bonds. The SMILES string of the molecule is COc1ccc2cc(-c3cc(C(=O)O)[nH]n3)n(C)c2c1. The average Bonchev–Trinajstić information content (AvgIpc) is 3.04. The smallest absolute Gasteiger partial charge is 0.353 e. The van der Waals surface area contributed by atoms with Gasteiger partial charge in [0.2, 0.25) is 0 Å². The lowest BCUT2D eigenvalue weighted by Crippen LogP contribution is -1.95. The van der Waals surface area contributed by atoms with Gasteiger partial charge in [0.1, 0.15) is 17.1 Å². The lowest BCUT2D eigenvalue weighted by atomic mass is 10.2. The molecule has 6 heteroatoms. The number of aromatic amines is 1. The molecule has 3 rings (SSSR count). The number of nitrogens with zero attached hydrogens (tertiary/aromatic N) is 2. The van der Waals surface area contributed by atoms with E-state index in [9.17, 15) is 4.79 Å². The largest absolute Gasteiger partial charge is 0.497 e. The monoisotopic (exact) mass is 271 g/mol. The molecular formula is C14H13N3O3. The van der Waals surface area contributed by atoms with Gasteiger partial charge in [-0.05, 0) is 18.2 Å². The first-order valence-corrected chi connectivity index (χ1v) is 6.02. The van der Waals surface area contributed by atoms with Gasteiger partial charge in [0.25, 0.3) is 0 Å². The second-order valence-corrected chi connectivity index (χ2v) is 4.49. The van der Waals surface area contributed by atoms with Crippen molar-refractivity contribution < 1.29 is 14.6 Å². The summed E-state index contributed by atoms with van der Waals surface area (Å²) in [7, 11) is 3.53. The molecule has 20 heavy (non-hydrogen) atoms. The second-order valence-electron chi connectivity index (χ2n) is 4.49. The summed E-state index contributed by atoms with van der Waals surface area (Å²) in [5.41, 5.74) is 2.51. The van der Waals surface area contributed by atoms with Crippen LogP contribution in [0.15, 0.2) is 30.3 Å². The topological polar surface area (TPSA) is 80.1 Å². The highest BCUT2D eigenvalue weighted by molar-refractivity contribution is 5.90. The number of fused-ring (bicyclic) bond motifs is 1. The van der Waals surface area contributed by atoms with Gasteiger partial charge in [0.15, 0.2) is 0 Å². The van der Waals surface area contributed by atoms with Crippen molar-refractivity contribution in [1.82, 2.24) is 14.8 Å². The molecule has 0 saturated heterocycles. The number of nitrogens with one attached hydrogen (secondary N) is 1. The van der Waals surface area contributed by atoms with Gasteiger partial charge >= 0.3 is 5.97 Å². The number of carboxylic acid groups (broad SMARTS) is 1. The Morgan fingerprint density at radius 3 is 2.80 bits per heavy atom. The lowest BCUT2D eigenvalue weighted by molar-refractivity contribution is 0.0690. The highest BCUT2D eigenvalue weighted by Gasteiger charge is 2.14. The van der Waals surface area contributed by atoms with E-state index in [1.165, 1.54) is 6.07 Å². The maximum Gasteiger partial charge on any atom is 0.353 e. The summed E-state index contributed by atoms with van der Waals surface area (Å²) >= 11 is 0. The summed E-state index contributed by atoms with van der Waals surface area (Å²) in [5, 5.41) is 16.5. The fourth-order valence-electron chi connectivity index (χ4n) is 2.25. The zero-order chi connectivity index (χ0) is 14.3. The summed E-state index contributed by atoms with van der Waals surface area (Å²) in [6.07, 6.45) is 0. The lowest BCUT2D eigenvalue weighted by Gasteiger charge is -2.03. The minimum absolute atomic E-state index is 0.0721. The third-order valence-electron chi connectivity index (χ3n) is 3.32. The summed E-state index contributed by atoms with van der Waals surface area (Å²) in [5.74, 6) is -0.248. The molecule has 0 aliphatic carbocycles. The average molecular weight is 271 g/mol. The van der Waals surface area contributed by atoms with Gasteiger partial charge < -0.3 is 14.4 Å². The van der Waals surface area contributed by atoms with Crippen molar-refractivity contribution in [3.05, 3.63) is 36.0 Å². The van der Waals surface area contributed by atoms with Gasteiger partial charge in [-0.15, -0.1) is 0 Å². The molecule has 2 N–H and O–H groups in total. The molecule has 0 spiro atoms. The molecule has 3 aromatic rings. The Morgan fingerprint density at radius 1 is 1.35 bits per heavy atom. The fourth-order valence-corrected chi connectivity index (χ4v) is 2.25. The van der Waals surface area contributed by atoms with Crippen LogP contribution in [-0.4, -0.2) is 33.0 Å². The molecule has 2 heterocycles.